The third-order valence-corrected chi connectivity index (χ3v) is 18.9. The third kappa shape index (κ3) is 13.4. The van der Waals surface area contributed by atoms with Crippen LogP contribution in [-0.4, -0.2) is 91.4 Å². The summed E-state index contributed by atoms with van der Waals surface area (Å²) in [6, 6.07) is 21.2. The summed E-state index contributed by atoms with van der Waals surface area (Å²) in [4.78, 5) is 42.0. The van der Waals surface area contributed by atoms with Crippen LogP contribution in [0, 0.1) is 0 Å². The molecule has 0 spiro atoms. The van der Waals surface area contributed by atoms with Gasteiger partial charge in [0.25, 0.3) is 11.6 Å². The highest BCUT2D eigenvalue weighted by molar-refractivity contribution is 6.75. The smallest absolute Gasteiger partial charge is 0.407 e. The van der Waals surface area contributed by atoms with Gasteiger partial charge in [0.1, 0.15) is 12.3 Å². The maximum absolute atomic E-state index is 15.0. The van der Waals surface area contributed by atoms with Crippen molar-refractivity contribution in [3.05, 3.63) is 102 Å². The van der Waals surface area contributed by atoms with Crippen molar-refractivity contribution >= 4 is 32.0 Å². The summed E-state index contributed by atoms with van der Waals surface area (Å²) >= 11 is 0. The Kier molecular flexibility index (Phi) is 18.1. The van der Waals surface area contributed by atoms with E-state index in [-0.39, 0.29) is 48.3 Å². The Hall–Kier alpha value is -5.52. The second-order valence-electron chi connectivity index (χ2n) is 19.6. The van der Waals surface area contributed by atoms with Crippen molar-refractivity contribution in [2.75, 3.05) is 25.8 Å². The third-order valence-electron chi connectivity index (χ3n) is 13.5. The topological polar surface area (TPSA) is 166 Å². The molecule has 0 aliphatic heterocycles. The van der Waals surface area contributed by atoms with Crippen LogP contribution in [0.1, 0.15) is 115 Å². The molecule has 1 fully saturated rings. The number of aromatic amines is 1. The molecule has 69 heavy (non-hydrogen) atoms. The fourth-order valence-electron chi connectivity index (χ4n) is 8.36. The van der Waals surface area contributed by atoms with Gasteiger partial charge in [0.05, 0.1) is 19.8 Å². The van der Waals surface area contributed by atoms with Crippen molar-refractivity contribution in [3.63, 3.8) is 0 Å². The van der Waals surface area contributed by atoms with Crippen LogP contribution in [-0.2, 0) is 42.2 Å². The van der Waals surface area contributed by atoms with E-state index in [2.05, 4.69) is 78.5 Å². The van der Waals surface area contributed by atoms with E-state index in [1.807, 2.05) is 47.6 Å². The minimum Gasteiger partial charge on any atom is -0.466 e. The summed E-state index contributed by atoms with van der Waals surface area (Å²) in [5.41, 5.74) is 1.09. The van der Waals surface area contributed by atoms with E-state index in [9.17, 15) is 14.4 Å². The highest BCUT2D eigenvalue weighted by Crippen LogP contribution is 2.45. The zero-order chi connectivity index (χ0) is 50.8. The summed E-state index contributed by atoms with van der Waals surface area (Å²) in [6.07, 6.45) is 5.86. The maximum Gasteiger partial charge on any atom is 0.407 e. The lowest BCUT2D eigenvalue weighted by molar-refractivity contribution is -0.182. The van der Waals surface area contributed by atoms with E-state index in [1.54, 1.807) is 45.0 Å². The van der Waals surface area contributed by atoms with Gasteiger partial charge in [0, 0.05) is 29.0 Å². The van der Waals surface area contributed by atoms with Crippen LogP contribution in [0.2, 0.25) is 17.6 Å². The number of aromatic nitrogens is 3. The Morgan fingerprint density at radius 2 is 1.58 bits per heavy atom. The van der Waals surface area contributed by atoms with Gasteiger partial charge in [-0.05, 0) is 142 Å². The van der Waals surface area contributed by atoms with Gasteiger partial charge < -0.3 is 34.6 Å². The number of alkyl carbamates (subject to hydrolysis) is 1. The second-order valence-corrected chi connectivity index (χ2v) is 24.4. The molecule has 4 aromatic rings. The number of hydrogen-bond acceptors (Lipinski definition) is 10. The monoisotopic (exact) mass is 977 g/mol. The lowest BCUT2D eigenvalue weighted by atomic mass is 9.92. The number of aryl methyl sites for hydroxylation is 1. The van der Waals surface area contributed by atoms with Gasteiger partial charge in [0.15, 0.2) is 20.0 Å². The number of carbonyl (C=O) groups is 3. The van der Waals surface area contributed by atoms with Gasteiger partial charge in [0.2, 0.25) is 0 Å². The van der Waals surface area contributed by atoms with Crippen LogP contribution in [0.4, 0.5) is 23.7 Å². The first-order valence-corrected chi connectivity index (χ1v) is 26.5. The van der Waals surface area contributed by atoms with E-state index in [0.717, 1.165) is 73.9 Å². The highest BCUT2D eigenvalue weighted by atomic mass is 28.4. The average molecular weight is 977 g/mol. The lowest BCUT2D eigenvalue weighted by Gasteiger charge is -2.44. The number of nitrogens with zero attached hydrogens (tertiary/aromatic N) is 2. The number of rotatable bonds is 22. The van der Waals surface area contributed by atoms with Crippen molar-refractivity contribution in [2.24, 2.45) is 0 Å². The van der Waals surface area contributed by atoms with Gasteiger partial charge in [-0.25, -0.2) is 19.0 Å². The Labute approximate surface area is 406 Å². The Balaban J connectivity index is 1.17. The van der Waals surface area contributed by atoms with Crippen molar-refractivity contribution in [1.82, 2.24) is 25.8 Å². The number of halogens is 3. The SMILES string of the molecule is C=CC(F)(C(=O)OC)C(F)(F)c1nc(-c2ccc(NCOC[C@H](Cc3ccc(-c4ccc(C(=O)NC5CCC(O[Si](C)(CC)C(C)(C)CC)CC5)cc4CC)cc3)NC(=O)OC(C)(C)C)cc2)n[nH]1. The first-order chi connectivity index (χ1) is 32.5. The predicted octanol–water partition coefficient (Wildman–Crippen LogP) is 11.2. The molecule has 2 amide bonds. The molecule has 5 rings (SSSR count). The van der Waals surface area contributed by atoms with E-state index >= 15 is 13.2 Å². The number of nitrogens with one attached hydrogen (secondary N) is 4. The Morgan fingerprint density at radius 3 is 2.16 bits per heavy atom. The van der Waals surface area contributed by atoms with Crippen LogP contribution >= 0.6 is 0 Å². The molecular formula is C52H71F3N6O7Si. The fraction of sp³-hybridized carbons (Fsp3) is 0.519. The molecule has 1 saturated carbocycles. The number of anilines is 1. The van der Waals surface area contributed by atoms with Crippen LogP contribution in [0.15, 0.2) is 79.4 Å². The summed E-state index contributed by atoms with van der Waals surface area (Å²) in [5.74, 6) is -7.65. The van der Waals surface area contributed by atoms with Crippen molar-refractivity contribution in [1.29, 1.82) is 0 Å². The molecule has 1 aromatic heterocycles. The van der Waals surface area contributed by atoms with Gasteiger partial charge >= 0.3 is 18.0 Å². The van der Waals surface area contributed by atoms with Gasteiger partial charge in [-0.15, -0.1) is 0 Å². The van der Waals surface area contributed by atoms with Crippen LogP contribution in [0.5, 0.6) is 0 Å². The summed E-state index contributed by atoms with van der Waals surface area (Å²) in [6.45, 7) is 22.2. The summed E-state index contributed by atoms with van der Waals surface area (Å²) < 4.78 is 67.7. The predicted molar refractivity (Wildman–Crippen MR) is 265 cm³/mol. The molecule has 1 heterocycles. The van der Waals surface area contributed by atoms with E-state index < -0.39 is 49.4 Å². The molecule has 0 bridgehead atoms. The minimum atomic E-state index is -4.44. The van der Waals surface area contributed by atoms with Crippen LogP contribution in [0.25, 0.3) is 22.5 Å². The van der Waals surface area contributed by atoms with Crippen molar-refractivity contribution in [3.8, 4) is 22.5 Å². The number of benzene rings is 3. The normalized spacial score (nSPS) is 17.7. The summed E-state index contributed by atoms with van der Waals surface area (Å²) in [5, 5.41) is 15.4. The fourth-order valence-corrected chi connectivity index (χ4v) is 11.5. The average Bonchev–Trinajstić information content (AvgIpc) is 3.84. The lowest BCUT2D eigenvalue weighted by Crippen LogP contribution is -2.49. The number of alkyl halides is 3. The molecule has 0 saturated heterocycles. The first kappa shape index (κ1) is 54.4. The van der Waals surface area contributed by atoms with Crippen LogP contribution in [0.3, 0.4) is 0 Å². The number of carbonyl (C=O) groups excluding carboxylic acids is 3. The second kappa shape index (κ2) is 22.9. The minimum absolute atomic E-state index is 0.0525. The number of methoxy groups -OCH3 is 1. The number of hydrogen-bond donors (Lipinski definition) is 4. The molecule has 2 unspecified atom stereocenters. The molecule has 376 valence electrons. The standard InChI is InChI=1S/C52H71F3N6O7Si/c1-12-35-31-38(45(62)57-40-25-27-42(28-26-40)68-69(11,15-4)50(8,9)13-2)22-29-43(35)36-18-16-34(17-19-36)30-41(58-48(64)67-49(5,6)7)32-66-33-56-39-23-20-37(21-24-39)44-59-46(61-60-44)52(54,55)51(53,14-3)47(63)65-10/h14,16-24,29,31,40-42,56H,3,12-13,15,25-28,30,32-33H2,1-2,4-11H3,(H,57,62)(H,58,64)(H,59,60,61)/t40?,41-,42?,51?,69?/m0/s1. The molecule has 0 radical (unpaired) electrons. The molecule has 1 aliphatic carbocycles. The maximum atomic E-state index is 15.0. The number of H-pyrrole nitrogens is 1. The number of ether oxygens (including phenoxy) is 3. The highest BCUT2D eigenvalue weighted by Gasteiger charge is 2.63. The molecule has 4 N–H and O–H groups in total. The van der Waals surface area contributed by atoms with E-state index in [1.165, 1.54) is 0 Å². The van der Waals surface area contributed by atoms with Crippen LogP contribution < -0.4 is 16.0 Å². The largest absolute Gasteiger partial charge is 0.466 e. The molecule has 13 nitrogen and oxygen atoms in total. The molecule has 1 aliphatic rings. The van der Waals surface area contributed by atoms with Gasteiger partial charge in [-0.3, -0.25) is 9.89 Å². The zero-order valence-corrected chi connectivity index (χ0v) is 42.8. The Morgan fingerprint density at radius 1 is 0.928 bits per heavy atom. The number of amides is 2. The van der Waals surface area contributed by atoms with E-state index in [0.29, 0.717) is 23.2 Å². The zero-order valence-electron chi connectivity index (χ0n) is 41.8. The quantitative estimate of drug-likeness (QED) is 0.0196. The van der Waals surface area contributed by atoms with E-state index in [4.69, 9.17) is 13.9 Å². The number of esters is 1. The van der Waals surface area contributed by atoms with Gasteiger partial charge in [-0.1, -0.05) is 78.0 Å². The first-order valence-electron chi connectivity index (χ1n) is 23.9. The molecular weight excluding hydrogens is 906 g/mol. The molecule has 17 heteroatoms. The van der Waals surface area contributed by atoms with Crippen molar-refractivity contribution in [2.45, 2.75) is 153 Å². The Bertz CT molecular complexity index is 2370. The molecule has 3 aromatic carbocycles. The molecule has 3 atom stereocenters. The van der Waals surface area contributed by atoms with Gasteiger partial charge in [-0.2, -0.15) is 13.9 Å². The van der Waals surface area contributed by atoms with Crippen molar-refractivity contribution < 1.29 is 46.2 Å². The summed E-state index contributed by atoms with van der Waals surface area (Å²) in [7, 11) is -1.11.